The van der Waals surface area contributed by atoms with E-state index in [0.717, 1.165) is 12.2 Å². The van der Waals surface area contributed by atoms with Gasteiger partial charge in [0.25, 0.3) is 0 Å². The van der Waals surface area contributed by atoms with Crippen LogP contribution >= 0.6 is 0 Å². The first-order chi connectivity index (χ1) is 4.76. The minimum Gasteiger partial charge on any atom is -0.496 e. The zero-order valence-corrected chi connectivity index (χ0v) is 7.02. The highest BCUT2D eigenvalue weighted by molar-refractivity contribution is 4.91. The lowest BCUT2D eigenvalue weighted by atomic mass is 10.2. The Morgan fingerprint density at radius 1 is 1.50 bits per heavy atom. The van der Waals surface area contributed by atoms with Crippen LogP contribution in [0.2, 0.25) is 0 Å². The highest BCUT2D eigenvalue weighted by Crippen LogP contribution is 2.08. The lowest BCUT2D eigenvalue weighted by molar-refractivity contribution is 0.0653. The van der Waals surface area contributed by atoms with Crippen molar-refractivity contribution in [3.8, 4) is 0 Å². The van der Waals surface area contributed by atoms with Crippen LogP contribution in [0, 0.1) is 0 Å². The molecule has 1 atom stereocenters. The summed E-state index contributed by atoms with van der Waals surface area (Å²) in [6, 6.07) is 0. The maximum atomic E-state index is 5.17. The molecule has 0 heterocycles. The van der Waals surface area contributed by atoms with Gasteiger partial charge in [-0.1, -0.05) is 13.5 Å². The first kappa shape index (κ1) is 9.50. The Kier molecular flexibility index (Phi) is 5.03. The van der Waals surface area contributed by atoms with Crippen molar-refractivity contribution in [2.75, 3.05) is 13.7 Å². The summed E-state index contributed by atoms with van der Waals surface area (Å²) in [6.07, 6.45) is 0.968. The summed E-state index contributed by atoms with van der Waals surface area (Å²) >= 11 is 0. The fraction of sp³-hybridized carbons (Fsp3) is 0.750. The van der Waals surface area contributed by atoms with Crippen LogP contribution in [-0.2, 0) is 9.47 Å². The second-order valence-corrected chi connectivity index (χ2v) is 2.03. The molecule has 0 radical (unpaired) electrons. The number of rotatable bonds is 5. The molecule has 0 rings (SSSR count). The van der Waals surface area contributed by atoms with Crippen molar-refractivity contribution < 1.29 is 9.47 Å². The van der Waals surface area contributed by atoms with Crippen molar-refractivity contribution in [1.82, 2.24) is 0 Å². The molecule has 0 aromatic carbocycles. The van der Waals surface area contributed by atoms with Crippen LogP contribution in [-0.4, -0.2) is 19.8 Å². The third-order valence-electron chi connectivity index (χ3n) is 1.34. The molecule has 0 aliphatic rings. The monoisotopic (exact) mass is 144 g/mol. The molecule has 10 heavy (non-hydrogen) atoms. The van der Waals surface area contributed by atoms with E-state index in [9.17, 15) is 0 Å². The zero-order chi connectivity index (χ0) is 7.98. The van der Waals surface area contributed by atoms with Gasteiger partial charge in [0.1, 0.15) is 11.9 Å². The van der Waals surface area contributed by atoms with E-state index in [1.165, 1.54) is 0 Å². The fourth-order valence-electron chi connectivity index (χ4n) is 0.804. The van der Waals surface area contributed by atoms with E-state index in [1.54, 1.807) is 7.11 Å². The minimum atomic E-state index is 0.0555. The normalized spacial score (nSPS) is 12.7. The molecule has 2 heteroatoms. The molecule has 0 N–H and O–H groups in total. The lowest BCUT2D eigenvalue weighted by Gasteiger charge is -2.15. The van der Waals surface area contributed by atoms with Crippen LogP contribution < -0.4 is 0 Å². The third-order valence-corrected chi connectivity index (χ3v) is 1.34. The predicted molar refractivity (Wildman–Crippen MR) is 41.9 cm³/mol. The molecule has 2 nitrogen and oxygen atoms in total. The molecule has 0 aromatic rings. The van der Waals surface area contributed by atoms with E-state index in [4.69, 9.17) is 9.47 Å². The Balaban J connectivity index is 3.65. The van der Waals surface area contributed by atoms with Gasteiger partial charge >= 0.3 is 0 Å². The van der Waals surface area contributed by atoms with Crippen molar-refractivity contribution in [1.29, 1.82) is 0 Å². The van der Waals surface area contributed by atoms with E-state index in [-0.39, 0.29) is 6.10 Å². The Bertz CT molecular complexity index is 95.4. The first-order valence-electron chi connectivity index (χ1n) is 3.60. The summed E-state index contributed by atoms with van der Waals surface area (Å²) in [6.45, 7) is 8.38. The molecule has 0 aliphatic heterocycles. The molecule has 0 saturated heterocycles. The smallest absolute Gasteiger partial charge is 0.118 e. The van der Waals surface area contributed by atoms with Gasteiger partial charge in [0.15, 0.2) is 0 Å². The topological polar surface area (TPSA) is 18.5 Å². The number of hydrogen-bond donors (Lipinski definition) is 0. The lowest BCUT2D eigenvalue weighted by Crippen LogP contribution is -2.13. The maximum absolute atomic E-state index is 5.17. The molecule has 0 saturated carbocycles. The van der Waals surface area contributed by atoms with Crippen molar-refractivity contribution in [3.63, 3.8) is 0 Å². The SMILES string of the molecule is C=C(OCC)C(CC)OC. The second kappa shape index (κ2) is 5.30. The van der Waals surface area contributed by atoms with Gasteiger partial charge < -0.3 is 9.47 Å². The largest absolute Gasteiger partial charge is 0.496 e. The van der Waals surface area contributed by atoms with Crippen molar-refractivity contribution in [2.45, 2.75) is 26.4 Å². The van der Waals surface area contributed by atoms with Crippen LogP contribution in [0.5, 0.6) is 0 Å². The van der Waals surface area contributed by atoms with E-state index in [1.807, 2.05) is 13.8 Å². The number of hydrogen-bond acceptors (Lipinski definition) is 2. The second-order valence-electron chi connectivity index (χ2n) is 2.03. The summed E-state index contributed by atoms with van der Waals surface area (Å²) in [5.41, 5.74) is 0. The van der Waals surface area contributed by atoms with Crippen LogP contribution in [0.3, 0.4) is 0 Å². The highest BCUT2D eigenvalue weighted by Gasteiger charge is 2.08. The van der Waals surface area contributed by atoms with Crippen molar-refractivity contribution in [2.24, 2.45) is 0 Å². The average Bonchev–Trinajstić information content (AvgIpc) is 1.91. The van der Waals surface area contributed by atoms with Gasteiger partial charge in [-0.05, 0) is 13.3 Å². The average molecular weight is 144 g/mol. The molecule has 0 bridgehead atoms. The summed E-state index contributed by atoms with van der Waals surface area (Å²) in [5, 5.41) is 0. The van der Waals surface area contributed by atoms with E-state index in [2.05, 4.69) is 6.58 Å². The van der Waals surface area contributed by atoms with Gasteiger partial charge in [0, 0.05) is 7.11 Å². The quantitative estimate of drug-likeness (QED) is 0.549. The van der Waals surface area contributed by atoms with Gasteiger partial charge in [-0.15, -0.1) is 0 Å². The Morgan fingerprint density at radius 3 is 2.40 bits per heavy atom. The first-order valence-corrected chi connectivity index (χ1v) is 3.60. The predicted octanol–water partition coefficient (Wildman–Crippen LogP) is 1.96. The van der Waals surface area contributed by atoms with Crippen LogP contribution in [0.1, 0.15) is 20.3 Å². The Morgan fingerprint density at radius 2 is 2.10 bits per heavy atom. The fourth-order valence-corrected chi connectivity index (χ4v) is 0.804. The van der Waals surface area contributed by atoms with Crippen LogP contribution in [0.15, 0.2) is 12.3 Å². The highest BCUT2D eigenvalue weighted by atomic mass is 16.5. The van der Waals surface area contributed by atoms with Gasteiger partial charge in [0.2, 0.25) is 0 Å². The molecule has 0 aliphatic carbocycles. The molecule has 0 fully saturated rings. The summed E-state index contributed by atoms with van der Waals surface area (Å²) in [4.78, 5) is 0. The third kappa shape index (κ3) is 2.87. The van der Waals surface area contributed by atoms with E-state index < -0.39 is 0 Å². The molecular formula is C8H16O2. The molecule has 0 aromatic heterocycles. The molecule has 1 unspecified atom stereocenters. The molecule has 60 valence electrons. The Labute approximate surface area is 62.8 Å². The summed E-state index contributed by atoms with van der Waals surface area (Å²) in [5.74, 6) is 0.729. The van der Waals surface area contributed by atoms with Gasteiger partial charge in [-0.2, -0.15) is 0 Å². The zero-order valence-electron chi connectivity index (χ0n) is 7.02. The minimum absolute atomic E-state index is 0.0555. The van der Waals surface area contributed by atoms with Crippen molar-refractivity contribution >= 4 is 0 Å². The Hall–Kier alpha value is -0.500. The van der Waals surface area contributed by atoms with Gasteiger partial charge in [-0.3, -0.25) is 0 Å². The maximum Gasteiger partial charge on any atom is 0.118 e. The van der Waals surface area contributed by atoms with Gasteiger partial charge in [-0.25, -0.2) is 0 Å². The van der Waals surface area contributed by atoms with E-state index >= 15 is 0 Å². The molecular weight excluding hydrogens is 128 g/mol. The summed E-state index contributed by atoms with van der Waals surface area (Å²) in [7, 11) is 1.67. The number of ether oxygens (including phenoxy) is 2. The van der Waals surface area contributed by atoms with Crippen LogP contribution in [0.25, 0.3) is 0 Å². The van der Waals surface area contributed by atoms with E-state index in [0.29, 0.717) is 6.61 Å². The standard InChI is InChI=1S/C8H16O2/c1-5-8(9-4)7(3)10-6-2/h8H,3,5-6H2,1-2,4H3. The molecule has 0 amide bonds. The summed E-state index contributed by atoms with van der Waals surface area (Å²) < 4.78 is 10.3. The van der Waals surface area contributed by atoms with Gasteiger partial charge in [0.05, 0.1) is 6.61 Å². The van der Waals surface area contributed by atoms with Crippen LogP contribution in [0.4, 0.5) is 0 Å². The molecule has 0 spiro atoms. The number of methoxy groups -OCH3 is 1. The van der Waals surface area contributed by atoms with Crippen molar-refractivity contribution in [3.05, 3.63) is 12.3 Å².